The van der Waals surface area contributed by atoms with E-state index < -0.39 is 0 Å². The first-order chi connectivity index (χ1) is 7.72. The summed E-state index contributed by atoms with van der Waals surface area (Å²) >= 11 is 1.65. The number of benzene rings is 2. The fraction of sp³-hybridized carbons (Fsp3) is 0.0769. The summed E-state index contributed by atoms with van der Waals surface area (Å²) in [6.07, 6.45) is 2.02. The summed E-state index contributed by atoms with van der Waals surface area (Å²) < 4.78 is 0. The van der Waals surface area contributed by atoms with E-state index in [2.05, 4.69) is 0 Å². The van der Waals surface area contributed by atoms with E-state index in [1.165, 1.54) is 0 Å². The molecular weight excluding hydrogens is 254 g/mol. The predicted molar refractivity (Wildman–Crippen MR) is 77.0 cm³/mol. The zero-order valence-electron chi connectivity index (χ0n) is 9.38. The van der Waals surface area contributed by atoms with Gasteiger partial charge in [0.1, 0.15) is 5.75 Å². The minimum Gasteiger partial charge on any atom is -0.507 e. The lowest BCUT2D eigenvalue weighted by atomic mass is 10.0. The number of nitrogen functional groups attached to an aromatic ring is 1. The molecule has 90 valence electrons. The molecule has 4 heteroatoms. The van der Waals surface area contributed by atoms with Crippen molar-refractivity contribution in [2.24, 2.45) is 0 Å². The number of aromatic hydroxyl groups is 1. The minimum absolute atomic E-state index is 0. The van der Waals surface area contributed by atoms with Crippen LogP contribution in [-0.2, 0) is 0 Å². The van der Waals surface area contributed by atoms with E-state index >= 15 is 0 Å². The third-order valence-electron chi connectivity index (χ3n) is 2.42. The molecular formula is C13H14ClNOS. The fourth-order valence-corrected chi connectivity index (χ4v) is 2.25. The molecule has 0 saturated carbocycles. The van der Waals surface area contributed by atoms with Crippen LogP contribution >= 0.6 is 24.2 Å². The highest BCUT2D eigenvalue weighted by Gasteiger charge is 2.08. The molecule has 0 aliphatic heterocycles. The second kappa shape index (κ2) is 5.84. The average Bonchev–Trinajstić information content (AvgIpc) is 2.32. The second-order valence-electron chi connectivity index (χ2n) is 3.48. The Morgan fingerprint density at radius 3 is 2.47 bits per heavy atom. The number of anilines is 1. The maximum atomic E-state index is 9.84. The number of halogens is 1. The molecule has 0 bridgehead atoms. The minimum atomic E-state index is 0. The molecule has 2 aromatic carbocycles. The lowest BCUT2D eigenvalue weighted by Crippen LogP contribution is -1.87. The molecule has 2 rings (SSSR count). The van der Waals surface area contributed by atoms with E-state index in [0.29, 0.717) is 5.69 Å². The van der Waals surface area contributed by atoms with E-state index in [9.17, 15) is 5.11 Å². The van der Waals surface area contributed by atoms with E-state index in [-0.39, 0.29) is 18.2 Å². The summed E-state index contributed by atoms with van der Waals surface area (Å²) in [6.45, 7) is 0. The van der Waals surface area contributed by atoms with Gasteiger partial charge in [-0.25, -0.2) is 0 Å². The highest BCUT2D eigenvalue weighted by molar-refractivity contribution is 7.98. The number of rotatable bonds is 2. The Morgan fingerprint density at radius 1 is 1.06 bits per heavy atom. The van der Waals surface area contributed by atoms with Gasteiger partial charge in [0.05, 0.1) is 0 Å². The smallest absolute Gasteiger partial charge is 0.123 e. The molecule has 2 nitrogen and oxygen atoms in total. The Kier molecular flexibility index (Phi) is 4.73. The number of phenolic OH excluding ortho intramolecular Hbond substituents is 1. The Morgan fingerprint density at radius 2 is 1.76 bits per heavy atom. The first kappa shape index (κ1) is 13.7. The van der Waals surface area contributed by atoms with E-state index in [4.69, 9.17) is 5.73 Å². The van der Waals surface area contributed by atoms with Crippen LogP contribution in [0.3, 0.4) is 0 Å². The summed E-state index contributed by atoms with van der Waals surface area (Å²) in [5.41, 5.74) is 8.19. The van der Waals surface area contributed by atoms with Gasteiger partial charge in [-0.2, -0.15) is 0 Å². The molecule has 0 aromatic heterocycles. The fourth-order valence-electron chi connectivity index (χ4n) is 1.64. The van der Waals surface area contributed by atoms with Crippen LogP contribution in [0, 0.1) is 0 Å². The monoisotopic (exact) mass is 267 g/mol. The van der Waals surface area contributed by atoms with Gasteiger partial charge in [0.25, 0.3) is 0 Å². The number of hydrogen-bond donors (Lipinski definition) is 2. The van der Waals surface area contributed by atoms with Crippen molar-refractivity contribution in [2.75, 3.05) is 12.0 Å². The van der Waals surface area contributed by atoms with Crippen molar-refractivity contribution in [3.05, 3.63) is 42.5 Å². The van der Waals surface area contributed by atoms with Crippen molar-refractivity contribution < 1.29 is 5.11 Å². The Balaban J connectivity index is 0.00000144. The maximum Gasteiger partial charge on any atom is 0.123 e. The summed E-state index contributed by atoms with van der Waals surface area (Å²) in [4.78, 5) is 1.13. The highest BCUT2D eigenvalue weighted by Crippen LogP contribution is 2.36. The molecule has 0 atom stereocenters. The van der Waals surface area contributed by atoms with Gasteiger partial charge in [0.2, 0.25) is 0 Å². The molecule has 0 spiro atoms. The molecule has 2 aromatic rings. The van der Waals surface area contributed by atoms with E-state index in [1.54, 1.807) is 30.0 Å². The van der Waals surface area contributed by atoms with Crippen LogP contribution in [0.1, 0.15) is 0 Å². The van der Waals surface area contributed by atoms with Gasteiger partial charge in [-0.3, -0.25) is 0 Å². The second-order valence-corrected chi connectivity index (χ2v) is 4.32. The zero-order chi connectivity index (χ0) is 11.5. The Hall–Kier alpha value is -1.32. The normalized spacial score (nSPS) is 9.71. The molecule has 0 saturated heterocycles. The van der Waals surface area contributed by atoms with Gasteiger partial charge in [-0.1, -0.05) is 18.2 Å². The zero-order valence-corrected chi connectivity index (χ0v) is 11.0. The van der Waals surface area contributed by atoms with Crippen molar-refractivity contribution in [1.29, 1.82) is 0 Å². The summed E-state index contributed by atoms with van der Waals surface area (Å²) in [5, 5.41) is 9.84. The number of thioether (sulfide) groups is 1. The van der Waals surface area contributed by atoms with Crippen molar-refractivity contribution in [3.63, 3.8) is 0 Å². The van der Waals surface area contributed by atoms with Gasteiger partial charge in [0.15, 0.2) is 0 Å². The van der Waals surface area contributed by atoms with Gasteiger partial charge >= 0.3 is 0 Å². The summed E-state index contributed by atoms with van der Waals surface area (Å²) in [5.74, 6) is 0.260. The van der Waals surface area contributed by atoms with Crippen molar-refractivity contribution in [1.82, 2.24) is 0 Å². The predicted octanol–water partition coefficient (Wildman–Crippen LogP) is 3.79. The topological polar surface area (TPSA) is 46.2 Å². The molecule has 0 radical (unpaired) electrons. The summed E-state index contributed by atoms with van der Waals surface area (Å²) in [6, 6.07) is 13.1. The number of nitrogens with two attached hydrogens (primary N) is 1. The molecule has 0 unspecified atom stereocenters. The first-order valence-electron chi connectivity index (χ1n) is 4.94. The van der Waals surface area contributed by atoms with E-state index in [0.717, 1.165) is 16.0 Å². The Labute approximate surface area is 111 Å². The van der Waals surface area contributed by atoms with Crippen LogP contribution in [0.15, 0.2) is 47.4 Å². The van der Waals surface area contributed by atoms with Gasteiger partial charge in [0, 0.05) is 16.1 Å². The number of hydrogen-bond acceptors (Lipinski definition) is 3. The first-order valence-corrected chi connectivity index (χ1v) is 6.16. The molecule has 17 heavy (non-hydrogen) atoms. The van der Waals surface area contributed by atoms with Crippen LogP contribution in [0.5, 0.6) is 5.75 Å². The summed E-state index contributed by atoms with van der Waals surface area (Å²) in [7, 11) is 0. The molecule has 0 aliphatic carbocycles. The maximum absolute atomic E-state index is 9.84. The van der Waals surface area contributed by atoms with Crippen molar-refractivity contribution in [3.8, 4) is 16.9 Å². The van der Waals surface area contributed by atoms with Crippen molar-refractivity contribution in [2.45, 2.75) is 4.90 Å². The van der Waals surface area contributed by atoms with Gasteiger partial charge in [-0.15, -0.1) is 24.2 Å². The number of phenols is 1. The molecule has 0 heterocycles. The lowest BCUT2D eigenvalue weighted by Gasteiger charge is -2.09. The third kappa shape index (κ3) is 2.87. The quantitative estimate of drug-likeness (QED) is 0.494. The van der Waals surface area contributed by atoms with Gasteiger partial charge in [-0.05, 0) is 36.1 Å². The Bertz CT molecular complexity index is 517. The van der Waals surface area contributed by atoms with E-state index in [1.807, 2.05) is 30.5 Å². The largest absolute Gasteiger partial charge is 0.507 e. The average molecular weight is 268 g/mol. The lowest BCUT2D eigenvalue weighted by molar-refractivity contribution is 0.477. The van der Waals surface area contributed by atoms with Crippen LogP contribution in [-0.4, -0.2) is 11.4 Å². The van der Waals surface area contributed by atoms with Crippen LogP contribution < -0.4 is 5.73 Å². The highest BCUT2D eigenvalue weighted by atomic mass is 35.5. The van der Waals surface area contributed by atoms with Gasteiger partial charge < -0.3 is 10.8 Å². The standard InChI is InChI=1S/C13H13NOS.ClH/c1-16-13-5-3-2-4-10(13)11-8-9(14)6-7-12(11)15;/h2-8,15H,14H2,1H3;1H. The third-order valence-corrected chi connectivity index (χ3v) is 3.21. The molecule has 0 fully saturated rings. The van der Waals surface area contributed by atoms with Crippen LogP contribution in [0.25, 0.3) is 11.1 Å². The molecule has 0 aliphatic rings. The molecule has 0 amide bonds. The van der Waals surface area contributed by atoms with Crippen LogP contribution in [0.2, 0.25) is 0 Å². The van der Waals surface area contributed by atoms with Crippen LogP contribution in [0.4, 0.5) is 5.69 Å². The SMILES string of the molecule is CSc1ccccc1-c1cc(N)ccc1O.Cl. The molecule has 3 N–H and O–H groups in total. The van der Waals surface area contributed by atoms with Crippen molar-refractivity contribution >= 4 is 29.9 Å².